The molecule has 0 aromatic carbocycles. The molecule has 0 aromatic heterocycles. The van der Waals surface area contributed by atoms with Gasteiger partial charge in [0.15, 0.2) is 0 Å². The first-order valence-electron chi connectivity index (χ1n) is 4.10. The molecule has 1 rings (SSSR count). The van der Waals surface area contributed by atoms with Gasteiger partial charge in [-0.05, 0) is 25.7 Å². The molecule has 3 heteroatoms. The molecular weight excluding hydrogens is 236 g/mol. The highest BCUT2D eigenvalue weighted by atomic mass is 79.9. The molecule has 0 bridgehead atoms. The molecule has 1 unspecified atom stereocenters. The summed E-state index contributed by atoms with van der Waals surface area (Å²) in [5.74, 6) is 0. The number of allylic oxidation sites excluding steroid dienone is 2. The van der Waals surface area contributed by atoms with Crippen molar-refractivity contribution in [1.29, 1.82) is 0 Å². The molecular formula is C9H13BrOS. The van der Waals surface area contributed by atoms with Crippen molar-refractivity contribution in [1.82, 2.24) is 0 Å². The van der Waals surface area contributed by atoms with Crippen LogP contribution in [0.5, 0.6) is 0 Å². The smallest absolute Gasteiger partial charge is 0.146 e. The van der Waals surface area contributed by atoms with Gasteiger partial charge in [0.25, 0.3) is 0 Å². The molecule has 0 amide bonds. The molecule has 0 fully saturated rings. The van der Waals surface area contributed by atoms with Gasteiger partial charge in [-0.2, -0.15) is 12.6 Å². The summed E-state index contributed by atoms with van der Waals surface area (Å²) in [5, 5.41) is 0. The highest BCUT2D eigenvalue weighted by molar-refractivity contribution is 9.11. The highest BCUT2D eigenvalue weighted by Gasteiger charge is 2.24. The molecule has 68 valence electrons. The summed E-state index contributed by atoms with van der Waals surface area (Å²) in [6.07, 6.45) is 4.84. The van der Waals surface area contributed by atoms with Gasteiger partial charge >= 0.3 is 0 Å². The SMILES string of the molecule is CC1(S)CCCC(C=O)=C(Br)C1. The number of hydrogen-bond acceptors (Lipinski definition) is 2. The van der Waals surface area contributed by atoms with Crippen molar-refractivity contribution in [2.75, 3.05) is 0 Å². The molecule has 12 heavy (non-hydrogen) atoms. The van der Waals surface area contributed by atoms with Crippen LogP contribution in [-0.4, -0.2) is 11.0 Å². The van der Waals surface area contributed by atoms with E-state index >= 15 is 0 Å². The van der Waals surface area contributed by atoms with Gasteiger partial charge in [0.1, 0.15) is 6.29 Å². The van der Waals surface area contributed by atoms with Crippen LogP contribution in [0.3, 0.4) is 0 Å². The van der Waals surface area contributed by atoms with E-state index < -0.39 is 0 Å². The lowest BCUT2D eigenvalue weighted by Gasteiger charge is -2.20. The molecule has 1 nitrogen and oxygen atoms in total. The van der Waals surface area contributed by atoms with Crippen molar-refractivity contribution >= 4 is 34.8 Å². The third kappa shape index (κ3) is 2.63. The van der Waals surface area contributed by atoms with Crippen molar-refractivity contribution < 1.29 is 4.79 Å². The molecule has 0 radical (unpaired) electrons. The van der Waals surface area contributed by atoms with Crippen molar-refractivity contribution in [2.45, 2.75) is 37.4 Å². The zero-order chi connectivity index (χ0) is 9.19. The molecule has 1 aliphatic rings. The average molecular weight is 249 g/mol. The van der Waals surface area contributed by atoms with E-state index in [0.717, 1.165) is 42.0 Å². The van der Waals surface area contributed by atoms with E-state index in [-0.39, 0.29) is 4.75 Å². The lowest BCUT2D eigenvalue weighted by molar-refractivity contribution is -0.105. The normalized spacial score (nSPS) is 31.6. The quantitative estimate of drug-likeness (QED) is 0.558. The van der Waals surface area contributed by atoms with Gasteiger partial charge in [-0.25, -0.2) is 0 Å². The van der Waals surface area contributed by atoms with Crippen LogP contribution in [0.1, 0.15) is 32.6 Å². The van der Waals surface area contributed by atoms with Crippen LogP contribution in [0.2, 0.25) is 0 Å². The number of carbonyl (C=O) groups is 1. The largest absolute Gasteiger partial charge is 0.298 e. The Labute approximate surface area is 87.1 Å². The van der Waals surface area contributed by atoms with Gasteiger partial charge in [-0.15, -0.1) is 0 Å². The Bertz CT molecular complexity index is 221. The Morgan fingerprint density at radius 1 is 1.67 bits per heavy atom. The molecule has 1 atom stereocenters. The predicted molar refractivity (Wildman–Crippen MR) is 57.9 cm³/mol. The van der Waals surface area contributed by atoms with E-state index in [1.54, 1.807) is 0 Å². The lowest BCUT2D eigenvalue weighted by atomic mass is 10.0. The summed E-state index contributed by atoms with van der Waals surface area (Å²) < 4.78 is 1.08. The zero-order valence-electron chi connectivity index (χ0n) is 7.14. The number of halogens is 1. The first-order chi connectivity index (χ1) is 5.55. The minimum Gasteiger partial charge on any atom is -0.298 e. The fourth-order valence-corrected chi connectivity index (χ4v) is 2.90. The summed E-state index contributed by atoms with van der Waals surface area (Å²) >= 11 is 7.99. The third-order valence-electron chi connectivity index (χ3n) is 2.19. The maximum absolute atomic E-state index is 10.6. The topological polar surface area (TPSA) is 17.1 Å². The predicted octanol–water partition coefficient (Wildman–Crippen LogP) is 3.10. The van der Waals surface area contributed by atoms with Crippen LogP contribution in [0.25, 0.3) is 0 Å². The molecule has 0 aromatic rings. The van der Waals surface area contributed by atoms with Crippen molar-refractivity contribution in [3.63, 3.8) is 0 Å². The standard InChI is InChI=1S/C9H13BrOS/c1-9(12)4-2-3-7(6-11)8(10)5-9/h6,12H,2-5H2,1H3. The summed E-state index contributed by atoms with van der Waals surface area (Å²) in [6.45, 7) is 2.12. The molecule has 0 N–H and O–H groups in total. The van der Waals surface area contributed by atoms with Crippen molar-refractivity contribution in [2.24, 2.45) is 0 Å². The maximum Gasteiger partial charge on any atom is 0.146 e. The number of thiol groups is 1. The molecule has 0 heterocycles. The van der Waals surface area contributed by atoms with E-state index in [9.17, 15) is 4.79 Å². The van der Waals surface area contributed by atoms with Gasteiger partial charge in [0.2, 0.25) is 0 Å². The second kappa shape index (κ2) is 3.97. The van der Waals surface area contributed by atoms with Crippen LogP contribution in [0, 0.1) is 0 Å². The van der Waals surface area contributed by atoms with Gasteiger partial charge in [-0.1, -0.05) is 22.9 Å². The minimum absolute atomic E-state index is 0.0452. The molecule has 0 saturated heterocycles. The van der Waals surface area contributed by atoms with Crippen molar-refractivity contribution in [3.8, 4) is 0 Å². The fourth-order valence-electron chi connectivity index (χ4n) is 1.45. The Morgan fingerprint density at radius 2 is 2.33 bits per heavy atom. The summed E-state index contributed by atoms with van der Waals surface area (Å²) in [5.41, 5.74) is 0.910. The zero-order valence-corrected chi connectivity index (χ0v) is 9.62. The number of carbonyl (C=O) groups excluding carboxylic acids is 1. The summed E-state index contributed by atoms with van der Waals surface area (Å²) in [6, 6.07) is 0. The van der Waals surface area contributed by atoms with Crippen LogP contribution < -0.4 is 0 Å². The number of hydrogen-bond donors (Lipinski definition) is 1. The van der Waals surface area contributed by atoms with Gasteiger partial charge < -0.3 is 0 Å². The Morgan fingerprint density at radius 3 is 2.92 bits per heavy atom. The first-order valence-corrected chi connectivity index (χ1v) is 5.34. The van der Waals surface area contributed by atoms with Gasteiger partial charge in [0, 0.05) is 14.8 Å². The fraction of sp³-hybridized carbons (Fsp3) is 0.667. The molecule has 0 aliphatic heterocycles. The van der Waals surface area contributed by atoms with E-state index in [4.69, 9.17) is 0 Å². The molecule has 0 saturated carbocycles. The second-order valence-electron chi connectivity index (χ2n) is 3.58. The maximum atomic E-state index is 10.6. The second-order valence-corrected chi connectivity index (χ2v) is 5.61. The Kier molecular flexibility index (Phi) is 3.41. The van der Waals surface area contributed by atoms with E-state index in [1.165, 1.54) is 0 Å². The number of rotatable bonds is 1. The summed E-state index contributed by atoms with van der Waals surface area (Å²) in [7, 11) is 0. The van der Waals surface area contributed by atoms with E-state index in [1.807, 2.05) is 0 Å². The third-order valence-corrected chi connectivity index (χ3v) is 3.36. The van der Waals surface area contributed by atoms with E-state index in [0.29, 0.717) is 0 Å². The monoisotopic (exact) mass is 248 g/mol. The minimum atomic E-state index is 0.0452. The average Bonchev–Trinajstić information content (AvgIpc) is 2.07. The first kappa shape index (κ1) is 10.3. The lowest BCUT2D eigenvalue weighted by Crippen LogP contribution is -2.14. The van der Waals surface area contributed by atoms with E-state index in [2.05, 4.69) is 35.5 Å². The summed E-state index contributed by atoms with van der Waals surface area (Å²) in [4.78, 5) is 10.6. The van der Waals surface area contributed by atoms with Crippen molar-refractivity contribution in [3.05, 3.63) is 10.1 Å². The Hall–Kier alpha value is 0.240. The molecule has 0 spiro atoms. The van der Waals surface area contributed by atoms with Gasteiger partial charge in [-0.3, -0.25) is 4.79 Å². The highest BCUT2D eigenvalue weighted by Crippen LogP contribution is 2.36. The number of aldehydes is 1. The molecule has 1 aliphatic carbocycles. The van der Waals surface area contributed by atoms with Crippen LogP contribution >= 0.6 is 28.6 Å². The van der Waals surface area contributed by atoms with Crippen LogP contribution in [0.4, 0.5) is 0 Å². The van der Waals surface area contributed by atoms with Gasteiger partial charge in [0.05, 0.1) is 0 Å². The van der Waals surface area contributed by atoms with Crippen LogP contribution in [-0.2, 0) is 4.79 Å². The van der Waals surface area contributed by atoms with Crippen LogP contribution in [0.15, 0.2) is 10.1 Å². The Balaban J connectivity index is 2.82.